The zero-order valence-corrected chi connectivity index (χ0v) is 37.7. The van der Waals surface area contributed by atoms with Crippen LogP contribution in [0.25, 0.3) is 0 Å². The molecule has 0 aliphatic rings. The van der Waals surface area contributed by atoms with Gasteiger partial charge in [0, 0.05) is 24.2 Å². The Kier molecular flexibility index (Phi) is 31.2. The van der Waals surface area contributed by atoms with Crippen molar-refractivity contribution in [2.24, 2.45) is 0 Å². The van der Waals surface area contributed by atoms with E-state index in [0.29, 0.717) is 12.8 Å². The second-order valence-corrected chi connectivity index (χ2v) is 16.9. The van der Waals surface area contributed by atoms with Crippen LogP contribution in [0.3, 0.4) is 0 Å². The van der Waals surface area contributed by atoms with Crippen LogP contribution in [0.2, 0.25) is 0 Å². The van der Waals surface area contributed by atoms with Gasteiger partial charge >= 0.3 is 0 Å². The Bertz CT molecular complexity index is 1140. The van der Waals surface area contributed by atoms with Gasteiger partial charge in [-0.1, -0.05) is 168 Å². The van der Waals surface area contributed by atoms with Crippen molar-refractivity contribution in [2.75, 3.05) is 49.9 Å². The molecule has 57 heavy (non-hydrogen) atoms. The molecular formula is C51H88N4O2. The molecule has 2 N–H and O–H groups in total. The quantitative estimate of drug-likeness (QED) is 0.0665. The molecule has 2 aromatic carbocycles. The first-order chi connectivity index (χ1) is 28.0. The van der Waals surface area contributed by atoms with Gasteiger partial charge in [-0.25, -0.2) is 0 Å². The topological polar surface area (TPSA) is 64.7 Å². The van der Waals surface area contributed by atoms with E-state index in [1.165, 1.54) is 152 Å². The molecule has 6 nitrogen and oxygen atoms in total. The van der Waals surface area contributed by atoms with Crippen LogP contribution in [0.15, 0.2) is 48.5 Å². The summed E-state index contributed by atoms with van der Waals surface area (Å²) in [6, 6.07) is 16.5. The number of carbonyl (C=O) groups is 2. The number of unbranched alkanes of at least 4 members (excludes halogenated alkanes) is 18. The van der Waals surface area contributed by atoms with E-state index in [0.717, 1.165) is 69.9 Å². The SMILES string of the molecule is CCCCCCCCN(CCCCCCC)CCCC(=O)Nc1ccc(Cc2ccc(NC(=O)CCCN(CCCCCCC)CCCCCCCC)cc2)cc1. The molecule has 0 unspecified atom stereocenters. The third-order valence-electron chi connectivity index (χ3n) is 11.5. The third kappa shape index (κ3) is 27.6. The minimum Gasteiger partial charge on any atom is -0.326 e. The maximum absolute atomic E-state index is 12.8. The molecule has 0 aliphatic carbocycles. The summed E-state index contributed by atoms with van der Waals surface area (Å²) < 4.78 is 0. The lowest BCUT2D eigenvalue weighted by atomic mass is 10.0. The van der Waals surface area contributed by atoms with Crippen LogP contribution in [0, 0.1) is 0 Å². The molecule has 0 bridgehead atoms. The molecule has 0 heterocycles. The number of nitrogens with zero attached hydrogens (tertiary/aromatic N) is 2. The van der Waals surface area contributed by atoms with Crippen molar-refractivity contribution in [3.63, 3.8) is 0 Å². The van der Waals surface area contributed by atoms with Gasteiger partial charge in [-0.2, -0.15) is 0 Å². The molecule has 0 saturated heterocycles. The molecule has 0 aromatic heterocycles. The average Bonchev–Trinajstić information content (AvgIpc) is 3.21. The largest absolute Gasteiger partial charge is 0.326 e. The second-order valence-electron chi connectivity index (χ2n) is 16.9. The fourth-order valence-electron chi connectivity index (χ4n) is 7.80. The number of hydrogen-bond donors (Lipinski definition) is 2. The van der Waals surface area contributed by atoms with Crippen molar-refractivity contribution < 1.29 is 9.59 Å². The first-order valence-electron chi connectivity index (χ1n) is 24.2. The van der Waals surface area contributed by atoms with Crippen LogP contribution in [0.5, 0.6) is 0 Å². The number of hydrogen-bond acceptors (Lipinski definition) is 4. The highest BCUT2D eigenvalue weighted by Crippen LogP contribution is 2.18. The molecule has 324 valence electrons. The lowest BCUT2D eigenvalue weighted by molar-refractivity contribution is -0.117. The molecule has 0 spiro atoms. The van der Waals surface area contributed by atoms with Gasteiger partial charge in [0.15, 0.2) is 0 Å². The fraction of sp³-hybridized carbons (Fsp3) is 0.725. The highest BCUT2D eigenvalue weighted by atomic mass is 16.2. The van der Waals surface area contributed by atoms with Crippen molar-refractivity contribution in [1.29, 1.82) is 0 Å². The zero-order valence-electron chi connectivity index (χ0n) is 37.7. The Morgan fingerprint density at radius 2 is 0.632 bits per heavy atom. The smallest absolute Gasteiger partial charge is 0.224 e. The van der Waals surface area contributed by atoms with Crippen LogP contribution >= 0.6 is 0 Å². The Hall–Kier alpha value is -2.70. The summed E-state index contributed by atoms with van der Waals surface area (Å²) in [5.41, 5.74) is 4.12. The van der Waals surface area contributed by atoms with E-state index in [9.17, 15) is 9.59 Å². The van der Waals surface area contributed by atoms with E-state index in [1.807, 2.05) is 24.3 Å². The van der Waals surface area contributed by atoms with Gasteiger partial charge in [0.2, 0.25) is 11.8 Å². The third-order valence-corrected chi connectivity index (χ3v) is 11.5. The average molecular weight is 789 g/mol. The van der Waals surface area contributed by atoms with E-state index in [-0.39, 0.29) is 11.8 Å². The Morgan fingerprint density at radius 3 is 0.930 bits per heavy atom. The first kappa shape index (κ1) is 50.4. The van der Waals surface area contributed by atoms with Crippen LogP contribution in [-0.4, -0.2) is 60.9 Å². The number of rotatable bonds is 38. The maximum atomic E-state index is 12.8. The van der Waals surface area contributed by atoms with Gasteiger partial charge in [-0.05, 0) is 120 Å². The number of nitrogens with one attached hydrogen (secondary N) is 2. The molecule has 0 radical (unpaired) electrons. The molecule has 0 saturated carbocycles. The molecule has 2 amide bonds. The van der Waals surface area contributed by atoms with Gasteiger partial charge in [0.05, 0.1) is 0 Å². The predicted molar refractivity (Wildman–Crippen MR) is 249 cm³/mol. The van der Waals surface area contributed by atoms with Crippen molar-refractivity contribution >= 4 is 23.2 Å². The summed E-state index contributed by atoms with van der Waals surface area (Å²) in [6.07, 6.45) is 32.8. The molecular weight excluding hydrogens is 701 g/mol. The molecule has 2 aromatic rings. The van der Waals surface area contributed by atoms with Crippen LogP contribution in [-0.2, 0) is 16.0 Å². The molecule has 6 heteroatoms. The van der Waals surface area contributed by atoms with Gasteiger partial charge in [0.1, 0.15) is 0 Å². The summed E-state index contributed by atoms with van der Waals surface area (Å²) in [7, 11) is 0. The lowest BCUT2D eigenvalue weighted by Gasteiger charge is -2.22. The van der Waals surface area contributed by atoms with E-state index < -0.39 is 0 Å². The van der Waals surface area contributed by atoms with Crippen molar-refractivity contribution in [1.82, 2.24) is 9.80 Å². The molecule has 0 atom stereocenters. The predicted octanol–water partition coefficient (Wildman–Crippen LogP) is 14.0. The lowest BCUT2D eigenvalue weighted by Crippen LogP contribution is -2.28. The van der Waals surface area contributed by atoms with Crippen LogP contribution in [0.1, 0.15) is 206 Å². The minimum atomic E-state index is 0.103. The molecule has 0 fully saturated rings. The number of benzene rings is 2. The number of anilines is 2. The van der Waals surface area contributed by atoms with E-state index in [1.54, 1.807) is 0 Å². The Balaban J connectivity index is 1.72. The Labute approximate surface area is 352 Å². The first-order valence-corrected chi connectivity index (χ1v) is 24.2. The summed E-state index contributed by atoms with van der Waals surface area (Å²) in [4.78, 5) is 30.9. The number of amides is 2. The maximum Gasteiger partial charge on any atom is 0.224 e. The second kappa shape index (κ2) is 35.3. The van der Waals surface area contributed by atoms with Gasteiger partial charge in [-0.15, -0.1) is 0 Å². The minimum absolute atomic E-state index is 0.103. The van der Waals surface area contributed by atoms with E-state index >= 15 is 0 Å². The van der Waals surface area contributed by atoms with E-state index in [2.05, 4.69) is 72.4 Å². The number of carbonyl (C=O) groups excluding carboxylic acids is 2. The van der Waals surface area contributed by atoms with Gasteiger partial charge in [-0.3, -0.25) is 9.59 Å². The van der Waals surface area contributed by atoms with Gasteiger partial charge in [0.25, 0.3) is 0 Å². The normalized spacial score (nSPS) is 11.5. The summed E-state index contributed by atoms with van der Waals surface area (Å²) in [5.74, 6) is 0.206. The van der Waals surface area contributed by atoms with E-state index in [4.69, 9.17) is 0 Å². The standard InChI is InChI=1S/C51H88N4O2/c1-5-9-13-17-21-25-41-54(39-23-19-15-11-7-3)43-27-29-50(56)52-48-35-31-46(32-36-48)45-47-33-37-49(38-34-47)53-51(57)30-28-44-55(40-24-20-16-12-8-4)42-26-22-18-14-10-6-2/h31-38H,5-30,39-45H2,1-4H3,(H,52,56)(H,53,57). The Morgan fingerprint density at radius 1 is 0.368 bits per heavy atom. The highest BCUT2D eigenvalue weighted by Gasteiger charge is 2.10. The molecule has 0 aliphatic heterocycles. The highest BCUT2D eigenvalue weighted by molar-refractivity contribution is 5.91. The van der Waals surface area contributed by atoms with Gasteiger partial charge < -0.3 is 20.4 Å². The summed E-state index contributed by atoms with van der Waals surface area (Å²) in [6.45, 7) is 15.8. The van der Waals surface area contributed by atoms with Crippen molar-refractivity contribution in [2.45, 2.75) is 201 Å². The summed E-state index contributed by atoms with van der Waals surface area (Å²) >= 11 is 0. The molecule has 2 rings (SSSR count). The van der Waals surface area contributed by atoms with Crippen LogP contribution < -0.4 is 10.6 Å². The van der Waals surface area contributed by atoms with Crippen molar-refractivity contribution in [3.05, 3.63) is 59.7 Å². The summed E-state index contributed by atoms with van der Waals surface area (Å²) in [5, 5.41) is 6.25. The zero-order chi connectivity index (χ0) is 41.0. The van der Waals surface area contributed by atoms with Crippen LogP contribution in [0.4, 0.5) is 11.4 Å². The monoisotopic (exact) mass is 789 g/mol. The fourth-order valence-corrected chi connectivity index (χ4v) is 7.80. The van der Waals surface area contributed by atoms with Crippen molar-refractivity contribution in [3.8, 4) is 0 Å².